The van der Waals surface area contributed by atoms with Crippen LogP contribution >= 0.6 is 0 Å². The highest BCUT2D eigenvalue weighted by Crippen LogP contribution is 2.42. The summed E-state index contributed by atoms with van der Waals surface area (Å²) in [5.74, 6) is -1.69. The average Bonchev–Trinajstić information content (AvgIpc) is 3.49. The van der Waals surface area contributed by atoms with Gasteiger partial charge in [0.25, 0.3) is 11.8 Å². The Labute approximate surface area is 294 Å². The number of carbonyl (C=O) groups is 2. The number of ether oxygens (including phenoxy) is 2. The molecule has 2 heterocycles. The predicted octanol–water partition coefficient (Wildman–Crippen LogP) is 5.55. The Morgan fingerprint density at radius 2 is 1.13 bits per heavy atom. The third kappa shape index (κ3) is 6.70. The molecular weight excluding hydrogens is 694 g/mol. The second kappa shape index (κ2) is 14.7. The zero-order valence-corrected chi connectivity index (χ0v) is 27.9. The first-order valence-electron chi connectivity index (χ1n) is 15.4. The molecular formula is C36H32F6N6O4. The van der Waals surface area contributed by atoms with Crippen LogP contribution in [0.1, 0.15) is 33.4 Å². The number of halogens is 6. The summed E-state index contributed by atoms with van der Waals surface area (Å²) in [5.41, 5.74) is 11.0. The SMILES string of the molecule is CN1C(=O)C(c2ccc(OC(F)F)cc2)(c2ccc(F)c(CF)c2)N=C1N.Cc1ccccc1C1(c2ccc(OC(F)F)cc2)N=C(N)N(C)C1=O. The molecule has 0 aromatic heterocycles. The van der Waals surface area contributed by atoms with Gasteiger partial charge in [-0.1, -0.05) is 54.6 Å². The van der Waals surface area contributed by atoms with E-state index < -0.39 is 42.7 Å². The van der Waals surface area contributed by atoms with Gasteiger partial charge in [0.2, 0.25) is 0 Å². The second-order valence-electron chi connectivity index (χ2n) is 11.6. The summed E-state index contributed by atoms with van der Waals surface area (Å²) in [6.45, 7) is -5.10. The van der Waals surface area contributed by atoms with Crippen LogP contribution in [0.15, 0.2) is 101 Å². The van der Waals surface area contributed by atoms with E-state index in [9.17, 15) is 35.9 Å². The summed E-state index contributed by atoms with van der Waals surface area (Å²) in [4.78, 5) is 37.1. The summed E-state index contributed by atoms with van der Waals surface area (Å²) in [5, 5.41) is 0. The van der Waals surface area contributed by atoms with Crippen molar-refractivity contribution in [2.45, 2.75) is 37.9 Å². The van der Waals surface area contributed by atoms with Crippen molar-refractivity contribution in [3.8, 4) is 11.5 Å². The number of rotatable bonds is 9. The van der Waals surface area contributed by atoms with Crippen LogP contribution in [0.25, 0.3) is 0 Å². The Morgan fingerprint density at radius 3 is 1.56 bits per heavy atom. The highest BCUT2D eigenvalue weighted by Gasteiger charge is 2.51. The summed E-state index contributed by atoms with van der Waals surface area (Å²) >= 11 is 0. The van der Waals surface area contributed by atoms with Crippen molar-refractivity contribution in [1.29, 1.82) is 0 Å². The quantitative estimate of drug-likeness (QED) is 0.217. The number of benzene rings is 4. The van der Waals surface area contributed by atoms with Crippen LogP contribution in [0.5, 0.6) is 11.5 Å². The Bertz CT molecular complexity index is 2030. The first kappa shape index (κ1) is 37.2. The lowest BCUT2D eigenvalue weighted by Gasteiger charge is -2.27. The molecule has 4 N–H and O–H groups in total. The van der Waals surface area contributed by atoms with E-state index in [1.807, 2.05) is 31.2 Å². The zero-order chi connectivity index (χ0) is 38.0. The minimum Gasteiger partial charge on any atom is -0.435 e. The molecule has 0 bridgehead atoms. The topological polar surface area (TPSA) is 136 Å². The summed E-state index contributed by atoms with van der Waals surface area (Å²) in [6.07, 6.45) is 0. The molecule has 16 heteroatoms. The standard InChI is InChI=1S/C18H15F4N3O2.C18H17F2N3O2/c1-25-15(26)18(24-17(25)23,12-4-7-14(20)10(8-12)9-19)11-2-5-13(6-3-11)27-16(21)22;1-11-5-3-4-6-14(11)18(15(24)23(2)17(21)22-18)12-7-9-13(10-8-12)25-16(19)20/h2-8,16H,9H2,1H3,(H2,23,24);3-10,16H,1-2H3,(H2,21,22). The fraction of sp³-hybridized carbons (Fsp3) is 0.222. The number of amides is 2. The van der Waals surface area contributed by atoms with Gasteiger partial charge in [-0.25, -0.2) is 18.8 Å². The summed E-state index contributed by atoms with van der Waals surface area (Å²) < 4.78 is 85.0. The van der Waals surface area contributed by atoms with E-state index in [1.54, 1.807) is 19.2 Å². The van der Waals surface area contributed by atoms with Gasteiger partial charge in [-0.15, -0.1) is 0 Å². The van der Waals surface area contributed by atoms with Gasteiger partial charge >= 0.3 is 13.2 Å². The molecule has 0 aliphatic carbocycles. The van der Waals surface area contributed by atoms with Gasteiger partial charge < -0.3 is 20.9 Å². The van der Waals surface area contributed by atoms with Gasteiger partial charge in [-0.3, -0.25) is 19.4 Å². The van der Waals surface area contributed by atoms with Gasteiger partial charge in [-0.05, 0) is 71.1 Å². The maximum Gasteiger partial charge on any atom is 0.387 e. The molecule has 2 atom stereocenters. The molecule has 4 aromatic carbocycles. The van der Waals surface area contributed by atoms with E-state index >= 15 is 0 Å². The number of aliphatic imine (C=N–C) groups is 2. The number of likely N-dealkylation sites (N-methyl/N-ethyl adjacent to an activating group) is 2. The van der Waals surface area contributed by atoms with Crippen LogP contribution in [-0.4, -0.2) is 60.9 Å². The number of guanidine groups is 2. The van der Waals surface area contributed by atoms with Crippen molar-refractivity contribution in [2.24, 2.45) is 21.5 Å². The fourth-order valence-electron chi connectivity index (χ4n) is 5.98. The average molecular weight is 727 g/mol. The molecule has 10 nitrogen and oxygen atoms in total. The number of hydrogen-bond acceptors (Lipinski definition) is 8. The molecule has 2 aliphatic rings. The highest BCUT2D eigenvalue weighted by atomic mass is 19.3. The van der Waals surface area contributed by atoms with Gasteiger partial charge in [0.1, 0.15) is 24.0 Å². The van der Waals surface area contributed by atoms with E-state index in [4.69, 9.17) is 11.5 Å². The van der Waals surface area contributed by atoms with Crippen LogP contribution in [0.4, 0.5) is 26.3 Å². The minimum absolute atomic E-state index is 0.00874. The largest absolute Gasteiger partial charge is 0.435 e. The second-order valence-corrected chi connectivity index (χ2v) is 11.6. The van der Waals surface area contributed by atoms with Gasteiger partial charge in [-0.2, -0.15) is 17.6 Å². The lowest BCUT2D eigenvalue weighted by molar-refractivity contribution is -0.130. The van der Waals surface area contributed by atoms with Gasteiger partial charge in [0.05, 0.1) is 0 Å². The molecule has 2 amide bonds. The number of alkyl halides is 5. The maximum atomic E-state index is 13.7. The number of carbonyl (C=O) groups excluding carboxylic acids is 2. The monoisotopic (exact) mass is 726 g/mol. The van der Waals surface area contributed by atoms with Gasteiger partial charge in [0, 0.05) is 19.7 Å². The van der Waals surface area contributed by atoms with Crippen LogP contribution in [0.2, 0.25) is 0 Å². The third-order valence-electron chi connectivity index (χ3n) is 8.62. The van der Waals surface area contributed by atoms with Crippen molar-refractivity contribution in [1.82, 2.24) is 9.80 Å². The molecule has 0 spiro atoms. The number of nitrogens with two attached hydrogens (primary N) is 2. The van der Waals surface area contributed by atoms with E-state index in [1.165, 1.54) is 60.5 Å². The fourth-order valence-corrected chi connectivity index (χ4v) is 5.98. The number of hydrogen-bond donors (Lipinski definition) is 2. The summed E-state index contributed by atoms with van der Waals surface area (Å²) in [6, 6.07) is 22.1. The number of aryl methyl sites for hydroxylation is 1. The highest BCUT2D eigenvalue weighted by molar-refractivity contribution is 6.09. The Balaban J connectivity index is 0.000000202. The third-order valence-corrected chi connectivity index (χ3v) is 8.62. The van der Waals surface area contributed by atoms with Crippen molar-refractivity contribution in [3.63, 3.8) is 0 Å². The molecule has 2 aliphatic heterocycles. The zero-order valence-electron chi connectivity index (χ0n) is 27.9. The smallest absolute Gasteiger partial charge is 0.387 e. The molecule has 272 valence electrons. The molecule has 0 fully saturated rings. The molecule has 2 unspecified atom stereocenters. The molecule has 6 rings (SSSR count). The molecule has 0 saturated carbocycles. The van der Waals surface area contributed by atoms with Crippen LogP contribution in [0, 0.1) is 12.7 Å². The first-order valence-corrected chi connectivity index (χ1v) is 15.4. The van der Waals surface area contributed by atoms with Crippen LogP contribution < -0.4 is 20.9 Å². The van der Waals surface area contributed by atoms with Crippen LogP contribution in [-0.2, 0) is 27.3 Å². The van der Waals surface area contributed by atoms with E-state index in [2.05, 4.69) is 19.5 Å². The summed E-state index contributed by atoms with van der Waals surface area (Å²) in [7, 11) is 2.96. The van der Waals surface area contributed by atoms with Crippen molar-refractivity contribution < 1.29 is 45.4 Å². The Morgan fingerprint density at radius 1 is 0.692 bits per heavy atom. The minimum atomic E-state index is -3.00. The lowest BCUT2D eigenvalue weighted by atomic mass is 9.80. The van der Waals surface area contributed by atoms with E-state index in [0.29, 0.717) is 11.1 Å². The van der Waals surface area contributed by atoms with Crippen molar-refractivity contribution in [2.75, 3.05) is 14.1 Å². The Hall–Kier alpha value is -6.06. The Kier molecular flexibility index (Phi) is 10.5. The van der Waals surface area contributed by atoms with Crippen molar-refractivity contribution in [3.05, 3.63) is 130 Å². The molecule has 52 heavy (non-hydrogen) atoms. The molecule has 4 aromatic rings. The first-order chi connectivity index (χ1) is 24.6. The van der Waals surface area contributed by atoms with E-state index in [0.717, 1.165) is 16.5 Å². The predicted molar refractivity (Wildman–Crippen MR) is 179 cm³/mol. The van der Waals surface area contributed by atoms with Crippen LogP contribution in [0.3, 0.4) is 0 Å². The van der Waals surface area contributed by atoms with E-state index in [-0.39, 0.29) is 46.0 Å². The molecule has 0 saturated heterocycles. The normalized spacial score (nSPS) is 19.8. The maximum absolute atomic E-state index is 13.7. The van der Waals surface area contributed by atoms with Crippen molar-refractivity contribution >= 4 is 23.7 Å². The van der Waals surface area contributed by atoms with Gasteiger partial charge in [0.15, 0.2) is 23.0 Å². The lowest BCUT2D eigenvalue weighted by Crippen LogP contribution is -2.41. The molecule has 0 radical (unpaired) electrons. The number of nitrogens with zero attached hydrogens (tertiary/aromatic N) is 4.